The molecular weight excluding hydrogens is 510 g/mol. The first kappa shape index (κ1) is 26.8. The minimum Gasteiger partial charge on any atom is -0.495 e. The van der Waals surface area contributed by atoms with Crippen molar-refractivity contribution in [1.29, 1.82) is 0 Å². The van der Waals surface area contributed by atoms with Gasteiger partial charge in [0.15, 0.2) is 0 Å². The van der Waals surface area contributed by atoms with Crippen LogP contribution in [0.2, 0.25) is 0 Å². The van der Waals surface area contributed by atoms with Crippen molar-refractivity contribution in [2.75, 3.05) is 44.7 Å². The summed E-state index contributed by atoms with van der Waals surface area (Å²) in [5.41, 5.74) is 3.27. The number of rotatable bonds is 9. The summed E-state index contributed by atoms with van der Waals surface area (Å²) < 4.78 is 5.56. The number of aromatic nitrogens is 1. The highest BCUT2D eigenvalue weighted by Crippen LogP contribution is 2.32. The van der Waals surface area contributed by atoms with E-state index in [4.69, 9.17) is 4.74 Å². The lowest BCUT2D eigenvalue weighted by Crippen LogP contribution is -2.53. The molecule has 2 amide bonds. The smallest absolute Gasteiger partial charge is 0.309 e. The zero-order chi connectivity index (χ0) is 27.2. The first-order chi connectivity index (χ1) is 19.0. The van der Waals surface area contributed by atoms with E-state index in [9.17, 15) is 9.59 Å². The van der Waals surface area contributed by atoms with Crippen molar-refractivity contribution in [3.8, 4) is 5.75 Å². The Morgan fingerprint density at radius 1 is 1.00 bits per heavy atom. The Morgan fingerprint density at radius 3 is 2.54 bits per heavy atom. The molecule has 3 heterocycles. The van der Waals surface area contributed by atoms with Gasteiger partial charge >= 0.3 is 11.8 Å². The number of nitrogens with zero attached hydrogens (tertiary/aromatic N) is 2. The molecule has 3 N–H and O–H groups in total. The molecule has 0 aliphatic carbocycles. The summed E-state index contributed by atoms with van der Waals surface area (Å²) in [5, 5.41) is 8.95. The molecule has 0 bridgehead atoms. The van der Waals surface area contributed by atoms with Gasteiger partial charge in [0, 0.05) is 60.7 Å². The molecule has 8 nitrogen and oxygen atoms in total. The van der Waals surface area contributed by atoms with Gasteiger partial charge in [0.05, 0.1) is 18.8 Å². The van der Waals surface area contributed by atoms with E-state index < -0.39 is 11.8 Å². The highest BCUT2D eigenvalue weighted by molar-refractivity contribution is 7.10. The summed E-state index contributed by atoms with van der Waals surface area (Å²) in [7, 11) is 1.70. The number of anilines is 1. The molecule has 204 valence electrons. The molecule has 39 heavy (non-hydrogen) atoms. The van der Waals surface area contributed by atoms with E-state index in [2.05, 4.69) is 49.0 Å². The predicted octanol–water partition coefficient (Wildman–Crippen LogP) is 3.96. The molecule has 0 radical (unpaired) electrons. The Labute approximate surface area is 233 Å². The minimum absolute atomic E-state index is 0.0206. The number of hydrogen-bond donors (Lipinski definition) is 3. The highest BCUT2D eigenvalue weighted by atomic mass is 32.1. The predicted molar refractivity (Wildman–Crippen MR) is 156 cm³/mol. The van der Waals surface area contributed by atoms with E-state index in [1.165, 1.54) is 4.88 Å². The minimum atomic E-state index is -0.604. The third-order valence-electron chi connectivity index (χ3n) is 7.36. The number of methoxy groups -OCH3 is 1. The molecule has 1 aliphatic heterocycles. The average Bonchev–Trinajstić information content (AvgIpc) is 3.64. The first-order valence-corrected chi connectivity index (χ1v) is 14.2. The summed E-state index contributed by atoms with van der Waals surface area (Å²) >= 11 is 1.67. The molecule has 9 heteroatoms. The summed E-state index contributed by atoms with van der Waals surface area (Å²) in [6.45, 7) is 5.72. The molecule has 1 saturated heterocycles. The van der Waals surface area contributed by atoms with Crippen LogP contribution in [0.3, 0.4) is 0 Å². The second-order valence-electron chi connectivity index (χ2n) is 9.78. The van der Waals surface area contributed by atoms with Gasteiger partial charge in [-0.1, -0.05) is 36.4 Å². The van der Waals surface area contributed by atoms with Crippen molar-refractivity contribution in [3.63, 3.8) is 0 Å². The largest absolute Gasteiger partial charge is 0.495 e. The Kier molecular flexibility index (Phi) is 8.48. The number of amides is 2. The Bertz CT molecular complexity index is 1390. The zero-order valence-corrected chi connectivity index (χ0v) is 23.2. The van der Waals surface area contributed by atoms with Crippen LogP contribution < -0.4 is 20.3 Å². The summed E-state index contributed by atoms with van der Waals surface area (Å²) in [6, 6.07) is 20.0. The number of piperazine rings is 1. The van der Waals surface area contributed by atoms with E-state index in [0.717, 1.165) is 54.1 Å². The lowest BCUT2D eigenvalue weighted by atomic mass is 10.0. The molecule has 4 aromatic rings. The lowest BCUT2D eigenvalue weighted by Gasteiger charge is -2.42. The van der Waals surface area contributed by atoms with Gasteiger partial charge in [-0.15, -0.1) is 11.3 Å². The van der Waals surface area contributed by atoms with Crippen LogP contribution in [0.25, 0.3) is 10.9 Å². The van der Waals surface area contributed by atoms with Gasteiger partial charge in [-0.25, -0.2) is 0 Å². The van der Waals surface area contributed by atoms with Crippen LogP contribution in [0, 0.1) is 0 Å². The fraction of sp³-hybridized carbons (Fsp3) is 0.333. The fourth-order valence-corrected chi connectivity index (χ4v) is 6.38. The number of fused-ring (bicyclic) bond motifs is 1. The molecule has 5 rings (SSSR count). The van der Waals surface area contributed by atoms with Crippen LogP contribution in [0.15, 0.2) is 72.2 Å². The second-order valence-corrected chi connectivity index (χ2v) is 10.8. The van der Waals surface area contributed by atoms with Gasteiger partial charge in [-0.05, 0) is 48.6 Å². The standard InChI is InChI=1S/C30H35N5O3S/c1-21(33-30(37)29(36)31-14-13-22-20-32-24-9-4-3-8-23(22)24)28(27-12-7-19-39-27)35-17-15-34(16-18-35)25-10-5-6-11-26(25)38-2/h3-12,19-21,28,32H,13-18H2,1-2H3,(H,31,36)(H,33,37)/t21-,28-/m1/s1. The number of carbonyl (C=O) groups is 2. The van der Waals surface area contributed by atoms with Crippen molar-refractivity contribution in [2.45, 2.75) is 25.4 Å². The topological polar surface area (TPSA) is 89.7 Å². The number of carbonyl (C=O) groups excluding carboxylic acids is 2. The molecule has 0 spiro atoms. The van der Waals surface area contributed by atoms with E-state index in [0.29, 0.717) is 13.0 Å². The van der Waals surface area contributed by atoms with E-state index in [1.807, 2.05) is 55.6 Å². The molecule has 0 unspecified atom stereocenters. The summed E-state index contributed by atoms with van der Waals surface area (Å²) in [6.07, 6.45) is 2.60. The first-order valence-electron chi connectivity index (χ1n) is 13.3. The third-order valence-corrected chi connectivity index (χ3v) is 8.30. The van der Waals surface area contributed by atoms with Crippen LogP contribution in [-0.4, -0.2) is 67.6 Å². The Balaban J connectivity index is 1.17. The number of H-pyrrole nitrogens is 1. The maximum atomic E-state index is 12.9. The van der Waals surface area contributed by atoms with Crippen molar-refractivity contribution < 1.29 is 14.3 Å². The van der Waals surface area contributed by atoms with Gasteiger partial charge in [0.1, 0.15) is 5.75 Å². The highest BCUT2D eigenvalue weighted by Gasteiger charge is 2.32. The quantitative estimate of drug-likeness (QED) is 0.277. The number of para-hydroxylation sites is 3. The third kappa shape index (κ3) is 6.10. The second kappa shape index (κ2) is 12.4. The van der Waals surface area contributed by atoms with Gasteiger partial charge in [-0.3, -0.25) is 14.5 Å². The molecule has 2 aromatic heterocycles. The van der Waals surface area contributed by atoms with Crippen molar-refractivity contribution in [1.82, 2.24) is 20.5 Å². The number of hydrogen-bond acceptors (Lipinski definition) is 6. The lowest BCUT2D eigenvalue weighted by molar-refractivity contribution is -0.139. The average molecular weight is 546 g/mol. The van der Waals surface area contributed by atoms with Crippen molar-refractivity contribution in [3.05, 3.63) is 82.7 Å². The fourth-order valence-electron chi connectivity index (χ4n) is 5.41. The van der Waals surface area contributed by atoms with E-state index in [1.54, 1.807) is 18.4 Å². The van der Waals surface area contributed by atoms with Crippen molar-refractivity contribution >= 4 is 39.7 Å². The van der Waals surface area contributed by atoms with Crippen LogP contribution >= 0.6 is 11.3 Å². The van der Waals surface area contributed by atoms with Gasteiger partial charge < -0.3 is 25.3 Å². The van der Waals surface area contributed by atoms with Crippen LogP contribution in [-0.2, 0) is 16.0 Å². The van der Waals surface area contributed by atoms with Crippen LogP contribution in [0.4, 0.5) is 5.69 Å². The SMILES string of the molecule is COc1ccccc1N1CCN([C@@H](c2cccs2)[C@@H](C)NC(=O)C(=O)NCCc2c[nH]c3ccccc23)CC1. The summed E-state index contributed by atoms with van der Waals surface area (Å²) in [4.78, 5) is 34.7. The molecule has 2 aromatic carbocycles. The zero-order valence-electron chi connectivity index (χ0n) is 22.4. The number of nitrogens with one attached hydrogen (secondary N) is 3. The number of ether oxygens (including phenoxy) is 1. The maximum absolute atomic E-state index is 12.9. The molecule has 2 atom stereocenters. The number of aromatic amines is 1. The number of benzene rings is 2. The van der Waals surface area contributed by atoms with E-state index >= 15 is 0 Å². The Morgan fingerprint density at radius 2 is 1.77 bits per heavy atom. The Hall–Kier alpha value is -3.82. The van der Waals surface area contributed by atoms with Crippen LogP contribution in [0.5, 0.6) is 5.75 Å². The van der Waals surface area contributed by atoms with Gasteiger partial charge in [-0.2, -0.15) is 0 Å². The monoisotopic (exact) mass is 545 g/mol. The van der Waals surface area contributed by atoms with Gasteiger partial charge in [0.25, 0.3) is 0 Å². The summed E-state index contributed by atoms with van der Waals surface area (Å²) in [5.74, 6) is -0.333. The molecular formula is C30H35N5O3S. The number of thiophene rings is 1. The maximum Gasteiger partial charge on any atom is 0.309 e. The van der Waals surface area contributed by atoms with Gasteiger partial charge in [0.2, 0.25) is 0 Å². The molecule has 0 saturated carbocycles. The molecule has 1 fully saturated rings. The normalized spacial score (nSPS) is 15.6. The van der Waals surface area contributed by atoms with Crippen molar-refractivity contribution in [2.24, 2.45) is 0 Å². The molecule has 1 aliphatic rings. The van der Waals surface area contributed by atoms with E-state index in [-0.39, 0.29) is 12.1 Å². The van der Waals surface area contributed by atoms with Crippen LogP contribution in [0.1, 0.15) is 23.4 Å².